The zero-order chi connectivity index (χ0) is 63.7. The fourth-order valence-corrected chi connectivity index (χ4v) is 17.8. The van der Waals surface area contributed by atoms with Crippen LogP contribution in [0.15, 0.2) is 146 Å². The molecule has 0 bridgehead atoms. The van der Waals surface area contributed by atoms with Crippen LogP contribution in [0.4, 0.5) is 4.39 Å². The summed E-state index contributed by atoms with van der Waals surface area (Å²) < 4.78 is 30.3. The second-order valence-corrected chi connectivity index (χ2v) is 28.0. The Morgan fingerprint density at radius 3 is 1.63 bits per heavy atom. The van der Waals surface area contributed by atoms with Crippen molar-refractivity contribution in [3.63, 3.8) is 0 Å². The number of benzene rings is 2. The summed E-state index contributed by atoms with van der Waals surface area (Å²) in [6.07, 6.45) is 35.6. The number of cyclic esters (lactones) is 3. The summed E-state index contributed by atoms with van der Waals surface area (Å²) in [6.45, 7) is 15.0. The maximum absolute atomic E-state index is 13.5. The van der Waals surface area contributed by atoms with Gasteiger partial charge in [0.25, 0.3) is 0 Å². The topological polar surface area (TPSA) is 151 Å². The number of terminal acetylenes is 1. The highest BCUT2D eigenvalue weighted by Crippen LogP contribution is 2.57. The fraction of sp³-hybridized carbons (Fsp3) is 0.456. The largest absolute Gasteiger partial charge is 0.462 e. The summed E-state index contributed by atoms with van der Waals surface area (Å²) in [5.41, 5.74) is 7.76. The van der Waals surface area contributed by atoms with Crippen LogP contribution in [0, 0.1) is 113 Å². The summed E-state index contributed by atoms with van der Waals surface area (Å²) in [4.78, 5) is 55.5. The Balaban J connectivity index is 0.000000132. The summed E-state index contributed by atoms with van der Waals surface area (Å²) >= 11 is 0. The van der Waals surface area contributed by atoms with E-state index < -0.39 is 11.6 Å². The number of nitrogens with zero attached hydrogens (tertiary/aromatic N) is 4. The molecule has 0 unspecified atom stereocenters. The predicted molar refractivity (Wildman–Crippen MR) is 354 cm³/mol. The molecule has 0 radical (unpaired) electrons. The van der Waals surface area contributed by atoms with Gasteiger partial charge in [-0.1, -0.05) is 113 Å². The van der Waals surface area contributed by atoms with Crippen molar-refractivity contribution in [2.45, 2.75) is 130 Å². The Morgan fingerprint density at radius 2 is 1.10 bits per heavy atom. The van der Waals surface area contributed by atoms with Crippen molar-refractivity contribution in [3.05, 3.63) is 175 Å². The minimum atomic E-state index is -1.39. The van der Waals surface area contributed by atoms with Gasteiger partial charge < -0.3 is 19.3 Å². The first-order valence-electron chi connectivity index (χ1n) is 33.4. The van der Waals surface area contributed by atoms with Crippen LogP contribution >= 0.6 is 0 Å². The number of fused-ring (bicyclic) bond motifs is 5. The Hall–Kier alpha value is -7.88. The third kappa shape index (κ3) is 13.3. The molecule has 12 heteroatoms. The normalized spacial score (nSPS) is 34.6. The lowest BCUT2D eigenvalue weighted by atomic mass is 9.56. The second kappa shape index (κ2) is 27.1. The minimum Gasteiger partial charge on any atom is -0.462 e. The molecule has 5 aliphatic carbocycles. The lowest BCUT2D eigenvalue weighted by Crippen LogP contribution is -2.52. The molecule has 6 aromatic rings. The molecule has 0 spiro atoms. The molecule has 3 saturated heterocycles. The van der Waals surface area contributed by atoms with E-state index in [1.165, 1.54) is 50.7 Å². The fourth-order valence-electron chi connectivity index (χ4n) is 17.8. The number of allylic oxidation sites excluding steroid dienone is 3. The van der Waals surface area contributed by atoms with Gasteiger partial charge >= 0.3 is 17.9 Å². The van der Waals surface area contributed by atoms with E-state index in [1.54, 1.807) is 18.5 Å². The molecule has 11 nitrogen and oxygen atoms in total. The van der Waals surface area contributed by atoms with Crippen LogP contribution in [0.1, 0.15) is 129 Å². The van der Waals surface area contributed by atoms with Crippen LogP contribution in [-0.4, -0.2) is 66.9 Å². The number of ether oxygens (including phenoxy) is 3. The molecule has 3 aliphatic heterocycles. The van der Waals surface area contributed by atoms with Crippen LogP contribution in [-0.2, 0) is 28.6 Å². The average Bonchev–Trinajstić information content (AvgIpc) is 1.67. The van der Waals surface area contributed by atoms with E-state index in [-0.39, 0.29) is 71.6 Å². The highest BCUT2D eigenvalue weighted by atomic mass is 19.1. The number of pyridine rings is 4. The zero-order valence-corrected chi connectivity index (χ0v) is 53.6. The molecule has 14 rings (SSSR count). The average molecular weight is 1220 g/mol. The first kappa shape index (κ1) is 63.3. The van der Waals surface area contributed by atoms with Gasteiger partial charge in [-0.2, -0.15) is 0 Å². The molecule has 5 saturated carbocycles. The van der Waals surface area contributed by atoms with Crippen LogP contribution < -0.4 is 0 Å². The highest BCUT2D eigenvalue weighted by Gasteiger charge is 2.62. The highest BCUT2D eigenvalue weighted by molar-refractivity contribution is 5.83. The standard InChI is InChI=1S/C27H30FNO2.C26H30N2O2.C26H27NO3/c1-16-6-10-23-20(12-16)14-25-26(17(2)31-27(25)30)24(23)11-9-22-8-7-19(15-29-22)18-4-3-5-21(28)13-18;1-16-6-10-21-19(13-16)14-23-25(17(2)30-26(23)29)22(21)11-9-20-8-7-18(15-28-20)24-5-3-4-12-27-24;1-5-19-8-6-7-9-23(19)20-10-11-21(27-15-20)12-13-22-17(3)16(2)14-26(29)24(22)18(4)30-25(26)28/h3-5,7-9,11,13,15-17,20,23-26H,6,10,12,14H2,1-2H3;3-5,7-9,11-12,15-17,19,21-23,25H,6,10,13-14H2,1-2H3;1,6-13,15-18,22,24,29H,14H2,2-4H3/b2*11-9+;13-12+/t16-,17-,20+,23-,24+,25-,26+;16-,17-,19+,21-,22+,23-,25+;16-,17+,18+,22-,24-,26-/m110/s1. The summed E-state index contributed by atoms with van der Waals surface area (Å²) in [6, 6.07) is 32.4. The molecule has 1 N–H and O–H groups in total. The van der Waals surface area contributed by atoms with Crippen LogP contribution in [0.2, 0.25) is 0 Å². The maximum Gasteiger partial charge on any atom is 0.338 e. The Labute approximate surface area is 536 Å². The molecule has 91 heavy (non-hydrogen) atoms. The monoisotopic (exact) mass is 1220 g/mol. The van der Waals surface area contributed by atoms with Crippen LogP contribution in [0.5, 0.6) is 0 Å². The van der Waals surface area contributed by atoms with Gasteiger partial charge in [-0.05, 0) is 215 Å². The van der Waals surface area contributed by atoms with Crippen molar-refractivity contribution in [2.75, 3.05) is 0 Å². The van der Waals surface area contributed by atoms with E-state index in [4.69, 9.17) is 20.6 Å². The van der Waals surface area contributed by atoms with Crippen molar-refractivity contribution in [1.29, 1.82) is 0 Å². The molecule has 472 valence electrons. The van der Waals surface area contributed by atoms with Crippen molar-refractivity contribution in [3.8, 4) is 45.9 Å². The lowest BCUT2D eigenvalue weighted by molar-refractivity contribution is -0.160. The van der Waals surface area contributed by atoms with Crippen LogP contribution in [0.3, 0.4) is 0 Å². The van der Waals surface area contributed by atoms with E-state index in [2.05, 4.69) is 110 Å². The molecule has 8 aliphatic rings. The lowest BCUT2D eigenvalue weighted by Gasteiger charge is -2.47. The van der Waals surface area contributed by atoms with Gasteiger partial charge in [-0.15, -0.1) is 6.42 Å². The Morgan fingerprint density at radius 1 is 0.560 bits per heavy atom. The molecule has 7 heterocycles. The number of carbonyl (C=O) groups excluding carboxylic acids is 3. The number of aromatic nitrogens is 4. The molecular weight excluding hydrogens is 1140 g/mol. The number of rotatable bonds is 9. The number of carbonyl (C=O) groups is 3. The number of esters is 3. The molecular formula is C79H87FN4O7. The molecule has 0 amide bonds. The third-order valence-corrected chi connectivity index (χ3v) is 22.4. The van der Waals surface area contributed by atoms with E-state index in [0.717, 1.165) is 80.8 Å². The van der Waals surface area contributed by atoms with Crippen molar-refractivity contribution < 1.29 is 38.1 Å². The van der Waals surface area contributed by atoms with Crippen molar-refractivity contribution >= 4 is 36.1 Å². The van der Waals surface area contributed by atoms with Gasteiger partial charge in [0.1, 0.15) is 24.1 Å². The number of halogens is 1. The smallest absolute Gasteiger partial charge is 0.338 e. The van der Waals surface area contributed by atoms with E-state index >= 15 is 0 Å². The number of aliphatic hydroxyl groups is 1. The predicted octanol–water partition coefficient (Wildman–Crippen LogP) is 15.9. The molecule has 20 atom stereocenters. The zero-order valence-electron chi connectivity index (χ0n) is 53.6. The molecule has 4 aromatic heterocycles. The Kier molecular flexibility index (Phi) is 18.9. The summed E-state index contributed by atoms with van der Waals surface area (Å²) in [5.74, 6) is 7.82. The van der Waals surface area contributed by atoms with Crippen LogP contribution in [0.25, 0.3) is 51.7 Å². The minimum absolute atomic E-state index is 0.00477. The molecule has 8 fully saturated rings. The summed E-state index contributed by atoms with van der Waals surface area (Å²) in [5, 5.41) is 11.1. The van der Waals surface area contributed by atoms with Crippen molar-refractivity contribution in [2.24, 2.45) is 94.7 Å². The maximum atomic E-state index is 13.5. The van der Waals surface area contributed by atoms with Crippen molar-refractivity contribution in [1.82, 2.24) is 19.9 Å². The number of hydrogen-bond acceptors (Lipinski definition) is 11. The first-order chi connectivity index (χ1) is 43.9. The first-order valence-corrected chi connectivity index (χ1v) is 33.4. The van der Waals surface area contributed by atoms with Gasteiger partial charge in [-0.3, -0.25) is 29.5 Å². The number of hydrogen-bond donors (Lipinski definition) is 1. The second-order valence-electron chi connectivity index (χ2n) is 28.0. The quantitative estimate of drug-likeness (QED) is 0.0837. The Bertz CT molecular complexity index is 3700. The van der Waals surface area contributed by atoms with E-state index in [9.17, 15) is 23.9 Å². The van der Waals surface area contributed by atoms with Gasteiger partial charge in [0.2, 0.25) is 0 Å². The third-order valence-electron chi connectivity index (χ3n) is 22.4. The SMILES string of the molecule is C#Cc1ccccc1-c1ccc(/C=C/[C@H]2[C@H](C)[C@@H](C)C[C@@]3(O)C(=O)O[C@H](C)[C@@H]23)nc1.C[C@@H]1CC[C@@H]2[C@@H](C1)C[C@H]1C(=O)O[C@H](C)[C@H]1[C@H]2/C=C/c1ccc(-c2cccc(F)c2)cn1.C[C@@H]1CC[C@@H]2[C@@H](C1)C[C@H]1C(=O)O[C@H](C)[C@H]1[C@H]2/C=C/c1ccc(-c2ccccn2)cn1. The molecule has 2 aromatic carbocycles. The van der Waals surface area contributed by atoms with Gasteiger partial charge in [0.15, 0.2) is 5.60 Å². The van der Waals surface area contributed by atoms with Gasteiger partial charge in [0, 0.05) is 64.8 Å². The van der Waals surface area contributed by atoms with Gasteiger partial charge in [-0.25, -0.2) is 9.18 Å². The van der Waals surface area contributed by atoms with E-state index in [0.29, 0.717) is 53.8 Å². The van der Waals surface area contributed by atoms with E-state index in [1.807, 2.05) is 98.2 Å². The van der Waals surface area contributed by atoms with Gasteiger partial charge in [0.05, 0.1) is 34.6 Å². The summed E-state index contributed by atoms with van der Waals surface area (Å²) in [7, 11) is 0.